The number of benzene rings is 1. The molecule has 0 unspecified atom stereocenters. The minimum atomic E-state index is -0.478. The third-order valence-electron chi connectivity index (χ3n) is 1.90. The van der Waals surface area contributed by atoms with Crippen LogP contribution in [0.25, 0.3) is 0 Å². The van der Waals surface area contributed by atoms with Gasteiger partial charge in [-0.3, -0.25) is 4.79 Å². The maximum absolute atomic E-state index is 13.3. The van der Waals surface area contributed by atoms with Gasteiger partial charge >= 0.3 is 0 Å². The van der Waals surface area contributed by atoms with Gasteiger partial charge in [-0.15, -0.1) is 0 Å². The van der Waals surface area contributed by atoms with E-state index in [9.17, 15) is 9.18 Å². The first-order valence-electron chi connectivity index (χ1n) is 4.72. The Balaban J connectivity index is 2.77. The lowest BCUT2D eigenvalue weighted by molar-refractivity contribution is 0.0984. The zero-order valence-corrected chi connectivity index (χ0v) is 10.3. The topological polar surface area (TPSA) is 29.1 Å². The minimum absolute atomic E-state index is 0.123. The molecule has 0 aliphatic rings. The van der Waals surface area contributed by atoms with Gasteiger partial charge in [0.25, 0.3) is 0 Å². The fourth-order valence-electron chi connectivity index (χ4n) is 1.10. The average Bonchev–Trinajstić information content (AvgIpc) is 2.18. The Morgan fingerprint density at radius 3 is 2.80 bits per heavy atom. The highest BCUT2D eigenvalue weighted by Gasteiger charge is 2.11. The number of ketones is 1. The predicted octanol–water partition coefficient (Wildman–Crippen LogP) is 2.77. The van der Waals surface area contributed by atoms with Gasteiger partial charge in [-0.25, -0.2) is 4.39 Å². The van der Waals surface area contributed by atoms with Crippen molar-refractivity contribution in [1.29, 1.82) is 0 Å². The molecule has 0 saturated carbocycles. The normalized spacial score (nSPS) is 10.7. The second kappa shape index (κ2) is 5.37. The van der Waals surface area contributed by atoms with Gasteiger partial charge < -0.3 is 5.32 Å². The summed E-state index contributed by atoms with van der Waals surface area (Å²) in [4.78, 5) is 11.6. The van der Waals surface area contributed by atoms with Crippen LogP contribution in [0.4, 0.5) is 4.39 Å². The van der Waals surface area contributed by atoms with Crippen molar-refractivity contribution in [3.63, 3.8) is 0 Å². The smallest absolute Gasteiger partial charge is 0.179 e. The van der Waals surface area contributed by atoms with Crippen LogP contribution in [0.1, 0.15) is 24.2 Å². The molecule has 0 bridgehead atoms. The number of carbonyl (C=O) groups excluding carboxylic acids is 1. The van der Waals surface area contributed by atoms with Gasteiger partial charge in [0.05, 0.1) is 12.1 Å². The first-order chi connectivity index (χ1) is 7.00. The summed E-state index contributed by atoms with van der Waals surface area (Å²) in [6, 6.07) is 4.57. The molecule has 82 valence electrons. The number of carbonyl (C=O) groups is 1. The Hall–Kier alpha value is -0.740. The van der Waals surface area contributed by atoms with Gasteiger partial charge in [0, 0.05) is 10.5 Å². The molecular weight excluding hydrogens is 261 g/mol. The number of hydrogen-bond acceptors (Lipinski definition) is 2. The van der Waals surface area contributed by atoms with Crippen LogP contribution in [0.5, 0.6) is 0 Å². The molecule has 1 aromatic carbocycles. The molecule has 1 aromatic rings. The van der Waals surface area contributed by atoms with E-state index >= 15 is 0 Å². The number of Topliss-reactive ketones (excluding diaryl/α,β-unsaturated/α-hetero) is 1. The number of hydrogen-bond donors (Lipinski definition) is 1. The van der Waals surface area contributed by atoms with E-state index in [0.717, 1.165) is 0 Å². The van der Waals surface area contributed by atoms with Crippen LogP contribution in [0, 0.1) is 5.82 Å². The van der Waals surface area contributed by atoms with Crippen molar-refractivity contribution in [1.82, 2.24) is 5.32 Å². The molecule has 0 aliphatic heterocycles. The van der Waals surface area contributed by atoms with E-state index in [1.54, 1.807) is 6.07 Å². The van der Waals surface area contributed by atoms with E-state index in [2.05, 4.69) is 21.2 Å². The summed E-state index contributed by atoms with van der Waals surface area (Å²) in [5.41, 5.74) is 0.123. The molecule has 2 nitrogen and oxygen atoms in total. The SMILES string of the molecule is CC(C)NCC(=O)c1cc(Br)ccc1F. The molecule has 15 heavy (non-hydrogen) atoms. The van der Waals surface area contributed by atoms with Crippen molar-refractivity contribution >= 4 is 21.7 Å². The van der Waals surface area contributed by atoms with Crippen LogP contribution < -0.4 is 5.32 Å². The Kier molecular flexibility index (Phi) is 4.42. The number of nitrogens with one attached hydrogen (secondary N) is 1. The maximum Gasteiger partial charge on any atom is 0.179 e. The monoisotopic (exact) mass is 273 g/mol. The molecule has 0 fully saturated rings. The fourth-order valence-corrected chi connectivity index (χ4v) is 1.46. The molecule has 0 atom stereocenters. The van der Waals surface area contributed by atoms with Crippen molar-refractivity contribution in [2.24, 2.45) is 0 Å². The summed E-state index contributed by atoms with van der Waals surface area (Å²) in [5, 5.41) is 2.96. The molecule has 0 aliphatic carbocycles. The van der Waals surface area contributed by atoms with E-state index in [4.69, 9.17) is 0 Å². The number of halogens is 2. The van der Waals surface area contributed by atoms with Crippen molar-refractivity contribution in [2.75, 3.05) is 6.54 Å². The van der Waals surface area contributed by atoms with Crippen LogP contribution in [0.3, 0.4) is 0 Å². The molecule has 1 rings (SSSR count). The van der Waals surface area contributed by atoms with Crippen molar-refractivity contribution in [3.8, 4) is 0 Å². The van der Waals surface area contributed by atoms with Crippen LogP contribution in [0.15, 0.2) is 22.7 Å². The third-order valence-corrected chi connectivity index (χ3v) is 2.39. The van der Waals surface area contributed by atoms with Crippen LogP contribution >= 0.6 is 15.9 Å². The second-order valence-electron chi connectivity index (χ2n) is 3.58. The summed E-state index contributed by atoms with van der Waals surface area (Å²) in [5.74, 6) is -0.712. The fraction of sp³-hybridized carbons (Fsp3) is 0.364. The van der Waals surface area contributed by atoms with E-state index < -0.39 is 5.82 Å². The summed E-state index contributed by atoms with van der Waals surface area (Å²) in [7, 11) is 0. The second-order valence-corrected chi connectivity index (χ2v) is 4.50. The van der Waals surface area contributed by atoms with Crippen LogP contribution in [-0.2, 0) is 0 Å². The lowest BCUT2D eigenvalue weighted by atomic mass is 10.1. The van der Waals surface area contributed by atoms with Gasteiger partial charge in [0.15, 0.2) is 5.78 Å². The average molecular weight is 274 g/mol. The zero-order chi connectivity index (χ0) is 11.4. The van der Waals surface area contributed by atoms with Gasteiger partial charge in [0.1, 0.15) is 5.82 Å². The summed E-state index contributed by atoms with van der Waals surface area (Å²) in [6.07, 6.45) is 0. The highest BCUT2D eigenvalue weighted by atomic mass is 79.9. The lowest BCUT2D eigenvalue weighted by Gasteiger charge is -2.07. The third kappa shape index (κ3) is 3.72. The molecular formula is C11H13BrFNO. The highest BCUT2D eigenvalue weighted by Crippen LogP contribution is 2.15. The van der Waals surface area contributed by atoms with Gasteiger partial charge in [-0.2, -0.15) is 0 Å². The van der Waals surface area contributed by atoms with Crippen molar-refractivity contribution in [3.05, 3.63) is 34.1 Å². The summed E-state index contributed by atoms with van der Waals surface area (Å²) < 4.78 is 14.0. The molecule has 0 spiro atoms. The molecule has 0 heterocycles. The quantitative estimate of drug-likeness (QED) is 0.855. The molecule has 0 aromatic heterocycles. The van der Waals surface area contributed by atoms with E-state index in [1.807, 2.05) is 13.8 Å². The maximum atomic E-state index is 13.3. The van der Waals surface area contributed by atoms with Crippen LogP contribution in [-0.4, -0.2) is 18.4 Å². The first kappa shape index (κ1) is 12.3. The molecule has 4 heteroatoms. The van der Waals surface area contributed by atoms with Crippen molar-refractivity contribution in [2.45, 2.75) is 19.9 Å². The van der Waals surface area contributed by atoms with Crippen molar-refractivity contribution < 1.29 is 9.18 Å². The largest absolute Gasteiger partial charge is 0.307 e. The van der Waals surface area contributed by atoms with Gasteiger partial charge in [-0.1, -0.05) is 29.8 Å². The Morgan fingerprint density at radius 2 is 2.20 bits per heavy atom. The summed E-state index contributed by atoms with van der Waals surface area (Å²) in [6.45, 7) is 4.03. The highest BCUT2D eigenvalue weighted by molar-refractivity contribution is 9.10. The predicted molar refractivity (Wildman–Crippen MR) is 61.6 cm³/mol. The Labute approximate surface area is 97.0 Å². The first-order valence-corrected chi connectivity index (χ1v) is 5.51. The minimum Gasteiger partial charge on any atom is -0.307 e. The molecule has 0 radical (unpaired) electrons. The summed E-state index contributed by atoms with van der Waals surface area (Å²) >= 11 is 3.21. The van der Waals surface area contributed by atoms with E-state index in [0.29, 0.717) is 4.47 Å². The standard InChI is InChI=1S/C11H13BrFNO/c1-7(2)14-6-11(15)9-5-8(12)3-4-10(9)13/h3-5,7,14H,6H2,1-2H3. The Morgan fingerprint density at radius 1 is 1.53 bits per heavy atom. The Bertz CT molecular complexity index is 366. The number of rotatable bonds is 4. The van der Waals surface area contributed by atoms with Gasteiger partial charge in [-0.05, 0) is 18.2 Å². The van der Waals surface area contributed by atoms with E-state index in [1.165, 1.54) is 12.1 Å². The van der Waals surface area contributed by atoms with E-state index in [-0.39, 0.29) is 23.9 Å². The van der Waals surface area contributed by atoms with Crippen LogP contribution in [0.2, 0.25) is 0 Å². The van der Waals surface area contributed by atoms with Gasteiger partial charge in [0.2, 0.25) is 0 Å². The molecule has 0 saturated heterocycles. The zero-order valence-electron chi connectivity index (χ0n) is 8.68. The molecule has 0 amide bonds. The lowest BCUT2D eigenvalue weighted by Crippen LogP contribution is -2.29. The molecule has 1 N–H and O–H groups in total.